The molecule has 1 aromatic rings. The van der Waals surface area contributed by atoms with Crippen LogP contribution in [0.4, 0.5) is 0 Å². The van der Waals surface area contributed by atoms with Crippen molar-refractivity contribution in [3.05, 3.63) is 35.9 Å². The monoisotopic (exact) mass is 415 g/mol. The first-order chi connectivity index (χ1) is 12.9. The third-order valence-corrected chi connectivity index (χ3v) is 5.35. The predicted octanol–water partition coefficient (Wildman–Crippen LogP) is 1.55. The Morgan fingerprint density at radius 1 is 1.21 bits per heavy atom. The van der Waals surface area contributed by atoms with E-state index in [0.29, 0.717) is 0 Å². The van der Waals surface area contributed by atoms with E-state index >= 15 is 0 Å². The van der Waals surface area contributed by atoms with Gasteiger partial charge in [0.2, 0.25) is 5.91 Å². The average Bonchev–Trinajstić information content (AvgIpc) is 2.63. The molecule has 0 bridgehead atoms. The maximum Gasteiger partial charge on any atom is 0.336 e. The molecule has 0 unspecified atom stereocenters. The molecule has 2 N–H and O–H groups in total. The Morgan fingerprint density at radius 3 is 2.39 bits per heavy atom. The zero-order valence-corrected chi connectivity index (χ0v) is 17.5. The van der Waals surface area contributed by atoms with Gasteiger partial charge in [-0.25, -0.2) is 4.79 Å². The first-order valence-corrected chi connectivity index (χ1v) is 10.6. The van der Waals surface area contributed by atoms with Crippen LogP contribution in [0, 0.1) is 5.41 Å². The van der Waals surface area contributed by atoms with Gasteiger partial charge < -0.3 is 15.2 Å². The summed E-state index contributed by atoms with van der Waals surface area (Å²) < 4.78 is 34.1. The molecule has 9 heteroatoms. The Morgan fingerprint density at radius 2 is 1.82 bits per heavy atom. The largest absolute Gasteiger partial charge is 0.456 e. The molecule has 0 radical (unpaired) electrons. The molecule has 2 atom stereocenters. The highest BCUT2D eigenvalue weighted by molar-refractivity contribution is 7.86. The van der Waals surface area contributed by atoms with Gasteiger partial charge in [-0.3, -0.25) is 8.98 Å². The third kappa shape index (κ3) is 8.37. The van der Waals surface area contributed by atoms with Crippen LogP contribution in [0.25, 0.3) is 0 Å². The maximum absolute atomic E-state index is 12.3. The molecule has 0 aliphatic carbocycles. The van der Waals surface area contributed by atoms with Crippen LogP contribution in [0.15, 0.2) is 30.3 Å². The van der Waals surface area contributed by atoms with Crippen LogP contribution in [0.5, 0.6) is 0 Å². The van der Waals surface area contributed by atoms with Crippen LogP contribution in [-0.2, 0) is 28.6 Å². The maximum atomic E-state index is 12.3. The van der Waals surface area contributed by atoms with Crippen molar-refractivity contribution in [1.29, 1.82) is 0 Å². The zero-order chi connectivity index (χ0) is 21.4. The molecule has 0 aliphatic rings. The summed E-state index contributed by atoms with van der Waals surface area (Å²) in [4.78, 5) is 23.0. The number of nitrogens with one attached hydrogen (secondary N) is 1. The van der Waals surface area contributed by atoms with E-state index in [-0.39, 0.29) is 31.2 Å². The van der Waals surface area contributed by atoms with Gasteiger partial charge in [0.25, 0.3) is 10.1 Å². The molecule has 1 amide bonds. The lowest BCUT2D eigenvalue weighted by molar-refractivity contribution is -0.166. The van der Waals surface area contributed by atoms with Gasteiger partial charge in [-0.1, -0.05) is 44.2 Å². The van der Waals surface area contributed by atoms with Gasteiger partial charge in [-0.05, 0) is 18.9 Å². The Labute approximate surface area is 166 Å². The standard InChI is InChI=1S/C19H29NO7S/c1-14(16-9-6-5-7-10-16)27-18(23)17(22)19(3,4)13-26-28(24,25)12-8-11-20-15(2)21/h5-7,9-10,14,17,22H,8,11-13H2,1-4H3,(H,20,21)/t14-,17+/m1/s1. The minimum absolute atomic E-state index is 0.196. The fourth-order valence-corrected chi connectivity index (χ4v) is 3.34. The number of hydrogen-bond donors (Lipinski definition) is 2. The van der Waals surface area contributed by atoms with Crippen molar-refractivity contribution in [2.45, 2.75) is 46.3 Å². The zero-order valence-electron chi connectivity index (χ0n) is 16.7. The van der Waals surface area contributed by atoms with Gasteiger partial charge in [0.15, 0.2) is 6.10 Å². The summed E-state index contributed by atoms with van der Waals surface area (Å²) in [6.07, 6.45) is -1.92. The lowest BCUT2D eigenvalue weighted by atomic mass is 9.87. The molecule has 1 aromatic carbocycles. The van der Waals surface area contributed by atoms with Crippen molar-refractivity contribution in [3.8, 4) is 0 Å². The Kier molecular flexibility index (Phi) is 9.06. The van der Waals surface area contributed by atoms with Gasteiger partial charge in [0, 0.05) is 18.9 Å². The molecule has 1 rings (SSSR count). The van der Waals surface area contributed by atoms with Crippen molar-refractivity contribution < 1.29 is 32.0 Å². The lowest BCUT2D eigenvalue weighted by Gasteiger charge is -2.29. The number of rotatable bonds is 11. The second-order valence-electron chi connectivity index (χ2n) is 7.24. The first kappa shape index (κ1) is 24.1. The van der Waals surface area contributed by atoms with E-state index in [1.807, 2.05) is 18.2 Å². The average molecular weight is 416 g/mol. The van der Waals surface area contributed by atoms with Gasteiger partial charge in [0.05, 0.1) is 12.4 Å². The quantitative estimate of drug-likeness (QED) is 0.320. The summed E-state index contributed by atoms with van der Waals surface area (Å²) in [6.45, 7) is 5.88. The molecule has 0 fully saturated rings. The lowest BCUT2D eigenvalue weighted by Crippen LogP contribution is -2.41. The molecule has 8 nitrogen and oxygen atoms in total. The normalized spacial score (nSPS) is 14.2. The molecule has 0 heterocycles. The second-order valence-corrected chi connectivity index (χ2v) is 9.00. The highest BCUT2D eigenvalue weighted by Crippen LogP contribution is 2.26. The van der Waals surface area contributed by atoms with Crippen LogP contribution < -0.4 is 5.32 Å². The molecule has 158 valence electrons. The van der Waals surface area contributed by atoms with Crippen molar-refractivity contribution in [2.24, 2.45) is 5.41 Å². The van der Waals surface area contributed by atoms with Gasteiger partial charge in [-0.2, -0.15) is 8.42 Å². The minimum Gasteiger partial charge on any atom is -0.456 e. The number of aliphatic hydroxyl groups excluding tert-OH is 1. The van der Waals surface area contributed by atoms with E-state index in [1.54, 1.807) is 19.1 Å². The molecule has 28 heavy (non-hydrogen) atoms. The minimum atomic E-state index is -3.85. The molecule has 0 saturated carbocycles. The number of amides is 1. The smallest absolute Gasteiger partial charge is 0.336 e. The van der Waals surface area contributed by atoms with Crippen LogP contribution in [0.1, 0.15) is 45.8 Å². The summed E-state index contributed by atoms with van der Waals surface area (Å²) in [7, 11) is -3.85. The summed E-state index contributed by atoms with van der Waals surface area (Å²) in [6, 6.07) is 9.05. The summed E-state index contributed by atoms with van der Waals surface area (Å²) in [5.74, 6) is -1.38. The molecular weight excluding hydrogens is 386 g/mol. The Balaban J connectivity index is 2.55. The van der Waals surface area contributed by atoms with E-state index in [9.17, 15) is 23.1 Å². The molecule has 0 aliphatic heterocycles. The van der Waals surface area contributed by atoms with Crippen LogP contribution in [0.3, 0.4) is 0 Å². The van der Waals surface area contributed by atoms with Crippen molar-refractivity contribution >= 4 is 22.0 Å². The summed E-state index contributed by atoms with van der Waals surface area (Å²) >= 11 is 0. The van der Waals surface area contributed by atoms with Gasteiger partial charge >= 0.3 is 5.97 Å². The van der Waals surface area contributed by atoms with Crippen molar-refractivity contribution in [2.75, 3.05) is 18.9 Å². The van der Waals surface area contributed by atoms with E-state index < -0.39 is 33.7 Å². The van der Waals surface area contributed by atoms with Crippen molar-refractivity contribution in [3.63, 3.8) is 0 Å². The number of aliphatic hydroxyl groups is 1. The fraction of sp³-hybridized carbons (Fsp3) is 0.579. The highest BCUT2D eigenvalue weighted by atomic mass is 32.2. The van der Waals surface area contributed by atoms with Crippen LogP contribution in [0.2, 0.25) is 0 Å². The Bertz CT molecular complexity index is 747. The SMILES string of the molecule is CC(=O)NCCCS(=O)(=O)OCC(C)(C)[C@@H](O)C(=O)O[C@H](C)c1ccccc1. The summed E-state index contributed by atoms with van der Waals surface area (Å²) in [5.41, 5.74) is -0.406. The van der Waals surface area contributed by atoms with Crippen LogP contribution in [-0.4, -0.2) is 50.4 Å². The van der Waals surface area contributed by atoms with Gasteiger partial charge in [-0.15, -0.1) is 0 Å². The predicted molar refractivity (Wildman–Crippen MR) is 104 cm³/mol. The molecular formula is C19H29NO7S. The second kappa shape index (κ2) is 10.5. The van der Waals surface area contributed by atoms with Gasteiger partial charge in [0.1, 0.15) is 6.10 Å². The number of hydrogen-bond acceptors (Lipinski definition) is 7. The number of ether oxygens (including phenoxy) is 1. The van der Waals surface area contributed by atoms with E-state index in [1.165, 1.54) is 20.8 Å². The highest BCUT2D eigenvalue weighted by Gasteiger charge is 2.37. The number of esters is 1. The number of carbonyl (C=O) groups excluding carboxylic acids is 2. The fourth-order valence-electron chi connectivity index (χ4n) is 2.24. The first-order valence-electron chi connectivity index (χ1n) is 8.99. The number of benzene rings is 1. The van der Waals surface area contributed by atoms with E-state index in [0.717, 1.165) is 5.56 Å². The Hall–Kier alpha value is -1.97. The van der Waals surface area contributed by atoms with Crippen LogP contribution >= 0.6 is 0 Å². The topological polar surface area (TPSA) is 119 Å². The van der Waals surface area contributed by atoms with Crippen molar-refractivity contribution in [1.82, 2.24) is 5.32 Å². The summed E-state index contributed by atoms with van der Waals surface area (Å²) in [5, 5.41) is 12.8. The molecule has 0 spiro atoms. The number of carbonyl (C=O) groups is 2. The van der Waals surface area contributed by atoms with E-state index in [2.05, 4.69) is 5.32 Å². The van der Waals surface area contributed by atoms with E-state index in [4.69, 9.17) is 8.92 Å². The molecule has 0 aromatic heterocycles. The molecule has 0 saturated heterocycles. The third-order valence-electron chi connectivity index (χ3n) is 4.08.